The van der Waals surface area contributed by atoms with Gasteiger partial charge in [0.1, 0.15) is 5.76 Å². The number of aryl methyl sites for hydroxylation is 1. The van der Waals surface area contributed by atoms with Crippen LogP contribution in [0.4, 0.5) is 5.69 Å². The molecule has 0 spiro atoms. The van der Waals surface area contributed by atoms with Gasteiger partial charge < -0.3 is 8.83 Å². The van der Waals surface area contributed by atoms with E-state index in [2.05, 4.69) is 6.07 Å². The van der Waals surface area contributed by atoms with E-state index in [1.165, 1.54) is 18.2 Å². The number of hydrogen-bond acceptors (Lipinski definition) is 5. The molecule has 1 aromatic heterocycles. The topological polar surface area (TPSA) is 86.5 Å². The molecule has 0 aliphatic heterocycles. The summed E-state index contributed by atoms with van der Waals surface area (Å²) in [6.45, 7) is 1.59. The number of rotatable bonds is 3. The first-order chi connectivity index (χ1) is 8.06. The Kier molecular flexibility index (Phi) is 2.78. The molecule has 0 fully saturated rings. The van der Waals surface area contributed by atoms with Crippen molar-refractivity contribution >= 4 is 5.69 Å². The molecular formula is C11H8NO5. The predicted octanol–water partition coefficient (Wildman–Crippen LogP) is 1.84. The summed E-state index contributed by atoms with van der Waals surface area (Å²) in [6, 6.07) is 7.03. The third-order valence-corrected chi connectivity index (χ3v) is 2.24. The average molecular weight is 234 g/mol. The van der Waals surface area contributed by atoms with Crippen LogP contribution in [0.15, 0.2) is 31.8 Å². The Balaban J connectivity index is 2.30. The second-order valence-electron chi connectivity index (χ2n) is 3.44. The van der Waals surface area contributed by atoms with Crippen molar-refractivity contribution in [2.24, 2.45) is 0 Å². The molecule has 0 N–H and O–H groups in total. The zero-order chi connectivity index (χ0) is 12.4. The fraction of sp³-hybridized carbons (Fsp3) is 0.182. The Hall–Kier alpha value is -2.37. The van der Waals surface area contributed by atoms with Crippen LogP contribution in [0.5, 0.6) is 0 Å². The molecule has 0 saturated heterocycles. The number of hydrogen-bond donors (Lipinski definition) is 0. The largest absolute Gasteiger partial charge is 0.519 e. The molecule has 0 aliphatic rings. The van der Waals surface area contributed by atoms with Crippen LogP contribution in [-0.2, 0) is 6.42 Å². The van der Waals surface area contributed by atoms with Crippen LogP contribution < -0.4 is 5.82 Å². The first-order valence-electron chi connectivity index (χ1n) is 4.80. The van der Waals surface area contributed by atoms with Crippen molar-refractivity contribution in [1.29, 1.82) is 0 Å². The summed E-state index contributed by atoms with van der Waals surface area (Å²) in [4.78, 5) is 20.9. The molecule has 0 aliphatic carbocycles. The zero-order valence-corrected chi connectivity index (χ0v) is 8.93. The lowest BCUT2D eigenvalue weighted by atomic mass is 10.1. The molecule has 1 heterocycles. The van der Waals surface area contributed by atoms with Crippen molar-refractivity contribution in [1.82, 2.24) is 0 Å². The summed E-state index contributed by atoms with van der Waals surface area (Å²) in [6.07, 6.45) is 0.235. The minimum Gasteiger partial charge on any atom is -0.396 e. The van der Waals surface area contributed by atoms with Gasteiger partial charge in [0.2, 0.25) is 0 Å². The van der Waals surface area contributed by atoms with Gasteiger partial charge in [-0.2, -0.15) is 0 Å². The van der Waals surface area contributed by atoms with Crippen molar-refractivity contribution in [2.45, 2.75) is 13.3 Å². The molecule has 1 radical (unpaired) electrons. The normalized spacial score (nSPS) is 10.4. The SMILES string of the molecule is Cc1oc(=O)oc1Cc1[c]ccc([N+](=O)[O-])c1. The second kappa shape index (κ2) is 4.25. The maximum Gasteiger partial charge on any atom is 0.519 e. The summed E-state index contributed by atoms with van der Waals surface area (Å²) in [7, 11) is 0. The molecule has 6 heteroatoms. The highest BCUT2D eigenvalue weighted by Gasteiger charge is 2.11. The third kappa shape index (κ3) is 2.41. The number of non-ortho nitro benzene ring substituents is 1. The summed E-state index contributed by atoms with van der Waals surface area (Å²) in [5.41, 5.74) is 0.536. The molecular weight excluding hydrogens is 226 g/mol. The standard InChI is InChI=1S/C11H8NO5/c1-7-10(17-11(13)16-7)6-8-3-2-4-9(5-8)12(14)15/h2,4-5H,6H2,1H3. The van der Waals surface area contributed by atoms with E-state index < -0.39 is 10.7 Å². The predicted molar refractivity (Wildman–Crippen MR) is 56.7 cm³/mol. The minimum atomic E-state index is -0.775. The molecule has 2 aromatic rings. The van der Waals surface area contributed by atoms with E-state index in [0.717, 1.165) is 0 Å². The van der Waals surface area contributed by atoms with Gasteiger partial charge in [0.05, 0.1) is 4.92 Å². The lowest BCUT2D eigenvalue weighted by Crippen LogP contribution is -1.93. The quantitative estimate of drug-likeness (QED) is 0.597. The van der Waals surface area contributed by atoms with Gasteiger partial charge in [-0.25, -0.2) is 4.79 Å². The van der Waals surface area contributed by atoms with Crippen LogP contribution in [0.1, 0.15) is 17.1 Å². The first kappa shape index (κ1) is 11.1. The van der Waals surface area contributed by atoms with Gasteiger partial charge in [-0.05, 0) is 24.6 Å². The van der Waals surface area contributed by atoms with Gasteiger partial charge in [0, 0.05) is 18.6 Å². The third-order valence-electron chi connectivity index (χ3n) is 2.24. The molecule has 6 nitrogen and oxygen atoms in total. The van der Waals surface area contributed by atoms with Crippen molar-refractivity contribution in [2.75, 3.05) is 0 Å². The Morgan fingerprint density at radius 2 is 2.24 bits per heavy atom. The fourth-order valence-electron chi connectivity index (χ4n) is 1.43. The van der Waals surface area contributed by atoms with Gasteiger partial charge in [-0.15, -0.1) is 0 Å². The number of benzene rings is 1. The van der Waals surface area contributed by atoms with Crippen molar-refractivity contribution < 1.29 is 13.8 Å². The number of nitrogens with zero attached hydrogens (tertiary/aromatic N) is 1. The monoisotopic (exact) mass is 234 g/mol. The number of nitro groups is 1. The highest BCUT2D eigenvalue weighted by atomic mass is 16.6. The van der Waals surface area contributed by atoms with Crippen LogP contribution in [0.25, 0.3) is 0 Å². The summed E-state index contributed by atoms with van der Waals surface area (Å²) >= 11 is 0. The maximum absolute atomic E-state index is 10.8. The average Bonchev–Trinajstić information content (AvgIpc) is 2.58. The van der Waals surface area contributed by atoms with E-state index in [1.54, 1.807) is 6.92 Å². The molecule has 2 rings (SSSR count). The molecule has 0 atom stereocenters. The van der Waals surface area contributed by atoms with Gasteiger partial charge in [-0.1, -0.05) is 0 Å². The van der Waals surface area contributed by atoms with Gasteiger partial charge in [0.25, 0.3) is 5.69 Å². The lowest BCUT2D eigenvalue weighted by Gasteiger charge is -1.97. The van der Waals surface area contributed by atoms with Crippen molar-refractivity contribution in [3.05, 3.63) is 62.1 Å². The van der Waals surface area contributed by atoms with E-state index in [-0.39, 0.29) is 12.1 Å². The molecule has 0 bridgehead atoms. The number of nitro benzene ring substituents is 1. The summed E-state index contributed by atoms with van der Waals surface area (Å²) < 4.78 is 9.50. The smallest absolute Gasteiger partial charge is 0.396 e. The first-order valence-corrected chi connectivity index (χ1v) is 4.80. The van der Waals surface area contributed by atoms with Crippen molar-refractivity contribution in [3.63, 3.8) is 0 Å². The van der Waals surface area contributed by atoms with E-state index in [1.807, 2.05) is 0 Å². The minimum absolute atomic E-state index is 0.0257. The lowest BCUT2D eigenvalue weighted by molar-refractivity contribution is -0.384. The molecule has 0 unspecified atom stereocenters. The summed E-state index contributed by atoms with van der Waals surface area (Å²) in [5.74, 6) is -0.0513. The van der Waals surface area contributed by atoms with Gasteiger partial charge in [-0.3, -0.25) is 10.1 Å². The van der Waals surface area contributed by atoms with Crippen LogP contribution in [0.2, 0.25) is 0 Å². The Morgan fingerprint density at radius 1 is 1.47 bits per heavy atom. The molecule has 1 aromatic carbocycles. The van der Waals surface area contributed by atoms with Crippen LogP contribution in [0, 0.1) is 23.1 Å². The molecule has 0 saturated carbocycles. The fourth-order valence-corrected chi connectivity index (χ4v) is 1.43. The molecule has 0 amide bonds. The van der Waals surface area contributed by atoms with Gasteiger partial charge >= 0.3 is 5.82 Å². The van der Waals surface area contributed by atoms with Crippen molar-refractivity contribution in [3.8, 4) is 0 Å². The molecule has 17 heavy (non-hydrogen) atoms. The van der Waals surface area contributed by atoms with Crippen LogP contribution >= 0.6 is 0 Å². The maximum atomic E-state index is 10.8. The summed E-state index contributed by atoms with van der Waals surface area (Å²) in [5, 5.41) is 10.6. The zero-order valence-electron chi connectivity index (χ0n) is 8.93. The highest BCUT2D eigenvalue weighted by molar-refractivity contribution is 5.35. The Morgan fingerprint density at radius 3 is 2.82 bits per heavy atom. The van der Waals surface area contributed by atoms with Gasteiger partial charge in [0.15, 0.2) is 5.76 Å². The van der Waals surface area contributed by atoms with E-state index in [4.69, 9.17) is 8.83 Å². The van der Waals surface area contributed by atoms with E-state index in [9.17, 15) is 14.9 Å². The van der Waals surface area contributed by atoms with Crippen LogP contribution in [-0.4, -0.2) is 4.92 Å². The van der Waals surface area contributed by atoms with Crippen LogP contribution in [0.3, 0.4) is 0 Å². The highest BCUT2D eigenvalue weighted by Crippen LogP contribution is 2.17. The van der Waals surface area contributed by atoms with E-state index >= 15 is 0 Å². The Bertz CT molecular complexity index is 610. The Labute approximate surface area is 95.6 Å². The molecule has 87 valence electrons. The second-order valence-corrected chi connectivity index (χ2v) is 3.44. The van der Waals surface area contributed by atoms with E-state index in [0.29, 0.717) is 17.1 Å².